The van der Waals surface area contributed by atoms with E-state index >= 15 is 0 Å². The van der Waals surface area contributed by atoms with Crippen LogP contribution in [0.3, 0.4) is 0 Å². The molecule has 6 heteroatoms. The van der Waals surface area contributed by atoms with Gasteiger partial charge in [0.25, 0.3) is 0 Å². The lowest BCUT2D eigenvalue weighted by molar-refractivity contribution is -0.143. The lowest BCUT2D eigenvalue weighted by atomic mass is 10.3. The second-order valence-corrected chi connectivity index (χ2v) is 3.86. The Balaban J connectivity index is 2.37. The van der Waals surface area contributed by atoms with Gasteiger partial charge in [-0.2, -0.15) is 0 Å². The fourth-order valence-electron chi connectivity index (χ4n) is 0.994. The highest BCUT2D eigenvalue weighted by molar-refractivity contribution is 9.10. The molecule has 0 atom stereocenters. The minimum atomic E-state index is -1.10. The number of nitrogens with one attached hydrogen (secondary N) is 1. The van der Waals surface area contributed by atoms with Gasteiger partial charge in [0, 0.05) is 10.2 Å². The van der Waals surface area contributed by atoms with Crippen LogP contribution in [0.4, 0.5) is 5.69 Å². The van der Waals surface area contributed by atoms with E-state index in [1.165, 1.54) is 0 Å². The van der Waals surface area contributed by atoms with Crippen LogP contribution in [0, 0.1) is 0 Å². The van der Waals surface area contributed by atoms with Gasteiger partial charge in [-0.05, 0) is 18.2 Å². The quantitative estimate of drug-likeness (QED) is 0.860. The number of benzene rings is 1. The zero-order valence-electron chi connectivity index (χ0n) is 8.27. The van der Waals surface area contributed by atoms with Crippen LogP contribution in [0.15, 0.2) is 28.7 Å². The smallest absolute Gasteiger partial charge is 0.329 e. The van der Waals surface area contributed by atoms with Crippen LogP contribution in [0.5, 0.6) is 0 Å². The Morgan fingerprint density at radius 2 is 2.12 bits per heavy atom. The predicted octanol–water partition coefficient (Wildman–Crippen LogP) is 1.49. The standard InChI is InChI=1S/C10H10BrNO4/c11-7-2-1-3-8(4-7)12-9(13)5-16-6-10(14)15/h1-4H,5-6H2,(H,12,13)(H,14,15). The van der Waals surface area contributed by atoms with Crippen LogP contribution in [-0.4, -0.2) is 30.2 Å². The highest BCUT2D eigenvalue weighted by atomic mass is 79.9. The van der Waals surface area contributed by atoms with Crippen molar-refractivity contribution in [2.24, 2.45) is 0 Å². The van der Waals surface area contributed by atoms with Gasteiger partial charge in [-0.15, -0.1) is 0 Å². The van der Waals surface area contributed by atoms with Crippen molar-refractivity contribution in [2.45, 2.75) is 0 Å². The molecule has 0 heterocycles. The number of carboxylic acid groups (broad SMARTS) is 1. The van der Waals surface area contributed by atoms with Crippen molar-refractivity contribution < 1.29 is 19.4 Å². The first-order valence-corrected chi connectivity index (χ1v) is 5.22. The summed E-state index contributed by atoms with van der Waals surface area (Å²) in [7, 11) is 0. The third-order valence-corrected chi connectivity index (χ3v) is 2.06. The summed E-state index contributed by atoms with van der Waals surface area (Å²) in [6.07, 6.45) is 0. The SMILES string of the molecule is O=C(O)COCC(=O)Nc1cccc(Br)c1. The number of rotatable bonds is 5. The summed E-state index contributed by atoms with van der Waals surface area (Å²) in [4.78, 5) is 21.4. The Kier molecular flexibility index (Phi) is 4.94. The molecule has 5 nitrogen and oxygen atoms in total. The molecule has 1 aromatic rings. The number of ether oxygens (including phenoxy) is 1. The Morgan fingerprint density at radius 3 is 2.75 bits per heavy atom. The summed E-state index contributed by atoms with van der Waals surface area (Å²) < 4.78 is 5.48. The second kappa shape index (κ2) is 6.24. The van der Waals surface area contributed by atoms with Gasteiger partial charge in [0.05, 0.1) is 0 Å². The Labute approximate surface area is 101 Å². The fraction of sp³-hybridized carbons (Fsp3) is 0.200. The molecule has 0 aliphatic carbocycles. The molecule has 0 aliphatic heterocycles. The van der Waals surface area contributed by atoms with E-state index in [0.717, 1.165) is 4.47 Å². The predicted molar refractivity (Wildman–Crippen MR) is 61.2 cm³/mol. The molecule has 1 amide bonds. The topological polar surface area (TPSA) is 75.6 Å². The Bertz CT molecular complexity index is 394. The van der Waals surface area contributed by atoms with Gasteiger partial charge in [0.2, 0.25) is 5.91 Å². The van der Waals surface area contributed by atoms with Gasteiger partial charge >= 0.3 is 5.97 Å². The van der Waals surface area contributed by atoms with Crippen molar-refractivity contribution in [2.75, 3.05) is 18.5 Å². The van der Waals surface area contributed by atoms with E-state index < -0.39 is 12.6 Å². The lowest BCUT2D eigenvalue weighted by Crippen LogP contribution is -2.20. The Hall–Kier alpha value is -1.40. The van der Waals surface area contributed by atoms with Crippen LogP contribution >= 0.6 is 15.9 Å². The molecular formula is C10H10BrNO4. The monoisotopic (exact) mass is 287 g/mol. The third kappa shape index (κ3) is 4.90. The van der Waals surface area contributed by atoms with E-state index in [1.807, 2.05) is 6.07 Å². The molecule has 86 valence electrons. The van der Waals surface area contributed by atoms with Crippen LogP contribution in [-0.2, 0) is 14.3 Å². The molecule has 0 saturated heterocycles. The molecule has 0 saturated carbocycles. The van der Waals surface area contributed by atoms with Gasteiger partial charge in [-0.1, -0.05) is 22.0 Å². The van der Waals surface area contributed by atoms with E-state index in [1.54, 1.807) is 18.2 Å². The molecule has 0 fully saturated rings. The van der Waals surface area contributed by atoms with Gasteiger partial charge in [0.15, 0.2) is 0 Å². The van der Waals surface area contributed by atoms with Gasteiger partial charge in [0.1, 0.15) is 13.2 Å². The number of hydrogen-bond acceptors (Lipinski definition) is 3. The van der Waals surface area contributed by atoms with Crippen molar-refractivity contribution in [3.8, 4) is 0 Å². The first kappa shape index (κ1) is 12.7. The number of amides is 1. The molecule has 1 aromatic carbocycles. The van der Waals surface area contributed by atoms with E-state index in [4.69, 9.17) is 5.11 Å². The maximum absolute atomic E-state index is 11.3. The molecule has 0 bridgehead atoms. The van der Waals surface area contributed by atoms with E-state index in [9.17, 15) is 9.59 Å². The molecule has 16 heavy (non-hydrogen) atoms. The largest absolute Gasteiger partial charge is 0.480 e. The van der Waals surface area contributed by atoms with Gasteiger partial charge in [-0.3, -0.25) is 4.79 Å². The van der Waals surface area contributed by atoms with Crippen LogP contribution in [0.1, 0.15) is 0 Å². The summed E-state index contributed by atoms with van der Waals surface area (Å²) in [6.45, 7) is -0.759. The third-order valence-electron chi connectivity index (χ3n) is 1.57. The maximum Gasteiger partial charge on any atom is 0.329 e. The number of carbonyl (C=O) groups excluding carboxylic acids is 1. The van der Waals surface area contributed by atoms with E-state index in [-0.39, 0.29) is 12.5 Å². The Morgan fingerprint density at radius 1 is 1.38 bits per heavy atom. The maximum atomic E-state index is 11.3. The minimum Gasteiger partial charge on any atom is -0.480 e. The van der Waals surface area contributed by atoms with Crippen molar-refractivity contribution in [1.29, 1.82) is 0 Å². The first-order chi connectivity index (χ1) is 7.58. The summed E-state index contributed by atoms with van der Waals surface area (Å²) >= 11 is 3.26. The first-order valence-electron chi connectivity index (χ1n) is 4.43. The van der Waals surface area contributed by atoms with E-state index in [2.05, 4.69) is 26.0 Å². The normalized spacial score (nSPS) is 9.81. The number of hydrogen-bond donors (Lipinski definition) is 2. The van der Waals surface area contributed by atoms with Crippen LogP contribution in [0.2, 0.25) is 0 Å². The van der Waals surface area contributed by atoms with Crippen molar-refractivity contribution in [1.82, 2.24) is 0 Å². The molecule has 2 N–H and O–H groups in total. The van der Waals surface area contributed by atoms with Gasteiger partial charge in [-0.25, -0.2) is 4.79 Å². The zero-order chi connectivity index (χ0) is 12.0. The summed E-state index contributed by atoms with van der Waals surface area (Å²) in [6, 6.07) is 7.06. The molecular weight excluding hydrogens is 278 g/mol. The fourth-order valence-corrected chi connectivity index (χ4v) is 1.39. The van der Waals surface area contributed by atoms with Crippen molar-refractivity contribution >= 4 is 33.5 Å². The molecule has 0 aliphatic rings. The number of carbonyl (C=O) groups is 2. The van der Waals surface area contributed by atoms with Crippen molar-refractivity contribution in [3.63, 3.8) is 0 Å². The zero-order valence-corrected chi connectivity index (χ0v) is 9.86. The number of aliphatic carboxylic acids is 1. The number of carboxylic acids is 1. The van der Waals surface area contributed by atoms with Crippen molar-refractivity contribution in [3.05, 3.63) is 28.7 Å². The average Bonchev–Trinajstić information content (AvgIpc) is 2.16. The molecule has 0 spiro atoms. The summed E-state index contributed by atoms with van der Waals surface area (Å²) in [5.74, 6) is -1.49. The van der Waals surface area contributed by atoms with Crippen LogP contribution in [0.25, 0.3) is 0 Å². The van der Waals surface area contributed by atoms with Gasteiger partial charge < -0.3 is 15.2 Å². The van der Waals surface area contributed by atoms with Crippen LogP contribution < -0.4 is 5.32 Å². The molecule has 0 unspecified atom stereocenters. The number of anilines is 1. The molecule has 1 rings (SSSR count). The van der Waals surface area contributed by atoms with E-state index in [0.29, 0.717) is 5.69 Å². The second-order valence-electron chi connectivity index (χ2n) is 2.95. The highest BCUT2D eigenvalue weighted by Crippen LogP contribution is 2.15. The number of halogens is 1. The average molecular weight is 288 g/mol. The lowest BCUT2D eigenvalue weighted by Gasteiger charge is -2.05. The summed E-state index contributed by atoms with van der Waals surface area (Å²) in [5, 5.41) is 10.9. The minimum absolute atomic E-state index is 0.279. The molecule has 0 aromatic heterocycles. The molecule has 0 radical (unpaired) electrons. The summed E-state index contributed by atoms with van der Waals surface area (Å²) in [5.41, 5.74) is 0.623. The highest BCUT2D eigenvalue weighted by Gasteiger charge is 2.04.